The van der Waals surface area contributed by atoms with Crippen LogP contribution in [0.15, 0.2) is 12.1 Å². The highest BCUT2D eigenvalue weighted by Crippen LogP contribution is 2.41. The maximum atomic E-state index is 13.9. The summed E-state index contributed by atoms with van der Waals surface area (Å²) in [6.45, 7) is 0.812. The van der Waals surface area contributed by atoms with Crippen LogP contribution in [0.3, 0.4) is 0 Å². The van der Waals surface area contributed by atoms with Crippen molar-refractivity contribution in [2.45, 2.75) is 37.9 Å². The summed E-state index contributed by atoms with van der Waals surface area (Å²) in [5, 5.41) is 6.87. The lowest BCUT2D eigenvalue weighted by atomic mass is 9.85. The number of hydrogen-bond acceptors (Lipinski definition) is 4. The van der Waals surface area contributed by atoms with Crippen LogP contribution in [0.1, 0.15) is 51.6 Å². The van der Waals surface area contributed by atoms with E-state index in [-0.39, 0.29) is 50.1 Å². The SMILES string of the molecule is COC(=O)N1CCc2c(C(=O)N3CCC(c4cc(F)cc(F)c4C(F)(F)F)CC3)n[nH]c2C1. The van der Waals surface area contributed by atoms with Gasteiger partial charge in [0.2, 0.25) is 0 Å². The van der Waals surface area contributed by atoms with E-state index in [4.69, 9.17) is 4.74 Å². The molecule has 3 heterocycles. The minimum Gasteiger partial charge on any atom is -0.453 e. The Morgan fingerprint density at radius 2 is 1.82 bits per heavy atom. The molecule has 1 aromatic heterocycles. The van der Waals surface area contributed by atoms with Gasteiger partial charge in [0.05, 0.1) is 24.9 Å². The molecule has 2 aliphatic rings. The zero-order valence-corrected chi connectivity index (χ0v) is 17.6. The zero-order chi connectivity index (χ0) is 23.9. The van der Waals surface area contributed by atoms with Crippen molar-refractivity contribution in [2.24, 2.45) is 0 Å². The van der Waals surface area contributed by atoms with Gasteiger partial charge in [-0.2, -0.15) is 18.3 Å². The first-order valence-electron chi connectivity index (χ1n) is 10.3. The summed E-state index contributed by atoms with van der Waals surface area (Å²) < 4.78 is 72.5. The summed E-state index contributed by atoms with van der Waals surface area (Å²) in [5.41, 5.74) is -0.359. The molecule has 1 N–H and O–H groups in total. The summed E-state index contributed by atoms with van der Waals surface area (Å²) in [6.07, 6.45) is -4.79. The monoisotopic (exact) mass is 472 g/mol. The second-order valence-corrected chi connectivity index (χ2v) is 8.09. The van der Waals surface area contributed by atoms with E-state index in [9.17, 15) is 31.5 Å². The molecular weight excluding hydrogens is 451 g/mol. The molecule has 1 fully saturated rings. The molecule has 2 aromatic rings. The van der Waals surface area contributed by atoms with Crippen molar-refractivity contribution in [1.29, 1.82) is 0 Å². The molecule has 1 saturated heterocycles. The molecule has 2 amide bonds. The fourth-order valence-corrected chi connectivity index (χ4v) is 4.54. The lowest BCUT2D eigenvalue weighted by Crippen LogP contribution is -2.40. The minimum absolute atomic E-state index is 0.120. The number of likely N-dealkylation sites (tertiary alicyclic amines) is 1. The molecule has 0 saturated carbocycles. The number of halogens is 5. The van der Waals surface area contributed by atoms with Crippen LogP contribution in [-0.2, 0) is 23.9 Å². The predicted octanol–water partition coefficient (Wildman–Crippen LogP) is 3.85. The fraction of sp³-hybridized carbons (Fsp3) is 0.476. The second kappa shape index (κ2) is 8.64. The van der Waals surface area contributed by atoms with Crippen LogP contribution in [0, 0.1) is 11.6 Å². The van der Waals surface area contributed by atoms with E-state index >= 15 is 0 Å². The summed E-state index contributed by atoms with van der Waals surface area (Å²) in [6, 6.07) is 0.957. The highest BCUT2D eigenvalue weighted by atomic mass is 19.4. The third-order valence-electron chi connectivity index (χ3n) is 6.16. The van der Waals surface area contributed by atoms with Gasteiger partial charge in [-0.3, -0.25) is 9.89 Å². The first-order valence-corrected chi connectivity index (χ1v) is 10.3. The lowest BCUT2D eigenvalue weighted by Gasteiger charge is -2.33. The number of aromatic amines is 1. The van der Waals surface area contributed by atoms with E-state index in [2.05, 4.69) is 10.2 Å². The van der Waals surface area contributed by atoms with Crippen LogP contribution in [0.4, 0.5) is 26.7 Å². The molecule has 178 valence electrons. The topological polar surface area (TPSA) is 78.5 Å². The maximum absolute atomic E-state index is 13.9. The van der Waals surface area contributed by atoms with Gasteiger partial charge in [-0.05, 0) is 36.8 Å². The second-order valence-electron chi connectivity index (χ2n) is 8.09. The van der Waals surface area contributed by atoms with E-state index in [0.717, 1.165) is 6.07 Å². The van der Waals surface area contributed by atoms with E-state index in [0.29, 0.717) is 24.2 Å². The maximum Gasteiger partial charge on any atom is 0.419 e. The molecule has 1 aromatic carbocycles. The van der Waals surface area contributed by atoms with Crippen molar-refractivity contribution < 1.29 is 36.3 Å². The Bertz CT molecular complexity index is 1080. The Balaban J connectivity index is 1.48. The number of carbonyl (C=O) groups excluding carboxylic acids is 2. The first-order chi connectivity index (χ1) is 15.6. The average Bonchev–Trinajstić information content (AvgIpc) is 3.20. The molecule has 12 heteroatoms. The zero-order valence-electron chi connectivity index (χ0n) is 17.6. The van der Waals surface area contributed by atoms with Gasteiger partial charge >= 0.3 is 12.3 Å². The number of fused-ring (bicyclic) bond motifs is 1. The summed E-state index contributed by atoms with van der Waals surface area (Å²) in [5.74, 6) is -3.82. The number of hydrogen-bond donors (Lipinski definition) is 1. The van der Waals surface area contributed by atoms with Crippen molar-refractivity contribution in [3.8, 4) is 0 Å². The normalized spacial score (nSPS) is 17.2. The largest absolute Gasteiger partial charge is 0.453 e. The minimum atomic E-state index is -4.95. The van der Waals surface area contributed by atoms with Crippen LogP contribution >= 0.6 is 0 Å². The number of aromatic nitrogens is 2. The average molecular weight is 472 g/mol. The molecule has 33 heavy (non-hydrogen) atoms. The number of amides is 2. The quantitative estimate of drug-likeness (QED) is 0.674. The number of H-pyrrole nitrogens is 1. The van der Waals surface area contributed by atoms with Crippen molar-refractivity contribution in [3.05, 3.63) is 51.8 Å². The molecule has 0 atom stereocenters. The third-order valence-corrected chi connectivity index (χ3v) is 6.16. The summed E-state index contributed by atoms with van der Waals surface area (Å²) >= 11 is 0. The number of nitrogens with one attached hydrogen (secondary N) is 1. The highest BCUT2D eigenvalue weighted by Gasteiger charge is 2.40. The number of ether oxygens (including phenoxy) is 1. The van der Waals surface area contributed by atoms with Crippen molar-refractivity contribution in [1.82, 2.24) is 20.0 Å². The smallest absolute Gasteiger partial charge is 0.419 e. The Hall–Kier alpha value is -3.18. The van der Waals surface area contributed by atoms with Gasteiger partial charge < -0.3 is 14.5 Å². The van der Waals surface area contributed by atoms with Gasteiger partial charge in [0.1, 0.15) is 11.6 Å². The summed E-state index contributed by atoms with van der Waals surface area (Å²) in [4.78, 5) is 27.7. The number of alkyl halides is 3. The Morgan fingerprint density at radius 3 is 2.45 bits per heavy atom. The van der Waals surface area contributed by atoms with E-state index in [1.807, 2.05) is 0 Å². The van der Waals surface area contributed by atoms with Crippen molar-refractivity contribution >= 4 is 12.0 Å². The molecule has 0 spiro atoms. The Morgan fingerprint density at radius 1 is 1.12 bits per heavy atom. The van der Waals surface area contributed by atoms with Gasteiger partial charge in [-0.25, -0.2) is 13.6 Å². The highest BCUT2D eigenvalue weighted by molar-refractivity contribution is 5.94. The van der Waals surface area contributed by atoms with E-state index in [1.165, 1.54) is 16.9 Å². The molecule has 0 bridgehead atoms. The molecule has 0 aliphatic carbocycles. The van der Waals surface area contributed by atoms with Crippen LogP contribution in [0.25, 0.3) is 0 Å². The lowest BCUT2D eigenvalue weighted by molar-refractivity contribution is -0.141. The molecule has 0 radical (unpaired) electrons. The molecule has 4 rings (SSSR count). The standard InChI is InChI=1S/C21H21F5N4O3/c1-33-20(32)30-7-4-13-16(10-30)27-28-18(13)19(31)29-5-2-11(3-6-29)14-8-12(22)9-15(23)17(14)21(24,25)26/h8-9,11H,2-7,10H2,1H3,(H,27,28). The van der Waals surface area contributed by atoms with Crippen LogP contribution < -0.4 is 0 Å². The van der Waals surface area contributed by atoms with Crippen molar-refractivity contribution in [3.63, 3.8) is 0 Å². The van der Waals surface area contributed by atoms with Crippen LogP contribution in [0.2, 0.25) is 0 Å². The van der Waals surface area contributed by atoms with Gasteiger partial charge in [-0.15, -0.1) is 0 Å². The molecular formula is C21H21F5N4O3. The first kappa shape index (κ1) is 23.0. The molecule has 0 unspecified atom stereocenters. The fourth-order valence-electron chi connectivity index (χ4n) is 4.54. The third kappa shape index (κ3) is 4.38. The number of rotatable bonds is 2. The van der Waals surface area contributed by atoms with Crippen LogP contribution in [-0.4, -0.2) is 58.7 Å². The van der Waals surface area contributed by atoms with Gasteiger partial charge in [0.25, 0.3) is 5.91 Å². The Labute approximate surface area is 185 Å². The number of carbonyl (C=O) groups is 2. The van der Waals surface area contributed by atoms with Gasteiger partial charge in [-0.1, -0.05) is 0 Å². The number of piperidine rings is 1. The molecule has 2 aliphatic heterocycles. The number of nitrogens with zero attached hydrogens (tertiary/aromatic N) is 3. The summed E-state index contributed by atoms with van der Waals surface area (Å²) in [7, 11) is 1.28. The van der Waals surface area contributed by atoms with E-state index < -0.39 is 40.9 Å². The predicted molar refractivity (Wildman–Crippen MR) is 104 cm³/mol. The van der Waals surface area contributed by atoms with Crippen molar-refractivity contribution in [2.75, 3.05) is 26.7 Å². The van der Waals surface area contributed by atoms with E-state index in [1.54, 1.807) is 0 Å². The van der Waals surface area contributed by atoms with Gasteiger partial charge in [0, 0.05) is 31.3 Å². The van der Waals surface area contributed by atoms with Crippen LogP contribution in [0.5, 0.6) is 0 Å². The number of methoxy groups -OCH3 is 1. The number of benzene rings is 1. The Kier molecular flexibility index (Phi) is 6.02. The molecule has 7 nitrogen and oxygen atoms in total. The van der Waals surface area contributed by atoms with Gasteiger partial charge in [0.15, 0.2) is 5.69 Å².